The molecule has 4 nitrogen and oxygen atoms in total. The molecule has 0 aliphatic heterocycles. The van der Waals surface area contributed by atoms with Crippen molar-refractivity contribution in [3.8, 4) is 11.1 Å². The summed E-state index contributed by atoms with van der Waals surface area (Å²) < 4.78 is 15.1. The summed E-state index contributed by atoms with van der Waals surface area (Å²) in [6.45, 7) is 0.607. The Morgan fingerprint density at radius 3 is 3.00 bits per heavy atom. The SMILES string of the molecule is O[C@H]1CC(Cn2cc(-c3cccnc3Cl)cn2)C[C@@H]1F. The van der Waals surface area contributed by atoms with Crippen molar-refractivity contribution in [2.45, 2.75) is 31.7 Å². The van der Waals surface area contributed by atoms with Crippen molar-refractivity contribution in [2.75, 3.05) is 0 Å². The van der Waals surface area contributed by atoms with Gasteiger partial charge in [-0.2, -0.15) is 5.10 Å². The topological polar surface area (TPSA) is 50.9 Å². The van der Waals surface area contributed by atoms with Crippen molar-refractivity contribution >= 4 is 11.6 Å². The van der Waals surface area contributed by atoms with Gasteiger partial charge < -0.3 is 5.11 Å². The number of aliphatic hydroxyl groups excluding tert-OH is 1. The number of nitrogens with zero attached hydrogens (tertiary/aromatic N) is 3. The van der Waals surface area contributed by atoms with Gasteiger partial charge in [0.05, 0.1) is 12.3 Å². The minimum absolute atomic E-state index is 0.122. The lowest BCUT2D eigenvalue weighted by molar-refractivity contribution is 0.102. The van der Waals surface area contributed by atoms with Gasteiger partial charge in [0, 0.05) is 30.1 Å². The summed E-state index contributed by atoms with van der Waals surface area (Å²) in [5, 5.41) is 14.1. The van der Waals surface area contributed by atoms with Crippen molar-refractivity contribution in [1.29, 1.82) is 0 Å². The molecule has 6 heteroatoms. The highest BCUT2D eigenvalue weighted by Gasteiger charge is 2.33. The number of halogens is 2. The Kier molecular flexibility index (Phi) is 3.72. The standard InChI is InChI=1S/C14H15ClFN3O/c15-14-11(2-1-3-17-14)10-6-18-19(8-10)7-9-4-12(16)13(20)5-9/h1-3,6,8-9,12-13,20H,4-5,7H2/t9?,12-,13-/m0/s1. The van der Waals surface area contributed by atoms with E-state index in [2.05, 4.69) is 10.1 Å². The van der Waals surface area contributed by atoms with Gasteiger partial charge in [0.25, 0.3) is 0 Å². The summed E-state index contributed by atoms with van der Waals surface area (Å²) in [7, 11) is 0. The predicted octanol–water partition coefficient (Wildman–Crippen LogP) is 2.71. The molecule has 106 valence electrons. The fourth-order valence-corrected chi connectivity index (χ4v) is 2.91. The minimum atomic E-state index is -1.11. The average molecular weight is 296 g/mol. The number of aliphatic hydroxyl groups is 1. The van der Waals surface area contributed by atoms with Crippen LogP contribution in [0, 0.1) is 5.92 Å². The van der Waals surface area contributed by atoms with E-state index >= 15 is 0 Å². The van der Waals surface area contributed by atoms with Gasteiger partial charge in [-0.05, 0) is 30.9 Å². The number of pyridine rings is 1. The first-order valence-electron chi connectivity index (χ1n) is 6.59. The average Bonchev–Trinajstić information content (AvgIpc) is 2.98. The third-order valence-corrected chi connectivity index (χ3v) is 4.00. The van der Waals surface area contributed by atoms with Crippen LogP contribution in [0.1, 0.15) is 12.8 Å². The summed E-state index contributed by atoms with van der Waals surface area (Å²) in [5.41, 5.74) is 1.72. The minimum Gasteiger partial charge on any atom is -0.390 e. The quantitative estimate of drug-likeness (QED) is 0.886. The Hall–Kier alpha value is -1.46. The fourth-order valence-electron chi connectivity index (χ4n) is 2.68. The molecule has 1 unspecified atom stereocenters. The molecule has 0 aromatic carbocycles. The van der Waals surface area contributed by atoms with Gasteiger partial charge in [-0.3, -0.25) is 4.68 Å². The first-order valence-corrected chi connectivity index (χ1v) is 6.97. The van der Waals surface area contributed by atoms with E-state index in [1.54, 1.807) is 17.1 Å². The third-order valence-electron chi connectivity index (χ3n) is 3.70. The molecule has 0 saturated heterocycles. The van der Waals surface area contributed by atoms with Crippen molar-refractivity contribution in [3.05, 3.63) is 35.9 Å². The highest BCUT2D eigenvalue weighted by atomic mass is 35.5. The number of aromatic nitrogens is 3. The van der Waals surface area contributed by atoms with Crippen LogP contribution in [0.5, 0.6) is 0 Å². The Morgan fingerprint density at radius 2 is 2.30 bits per heavy atom. The van der Waals surface area contributed by atoms with Crippen molar-refractivity contribution < 1.29 is 9.50 Å². The lowest BCUT2D eigenvalue weighted by Crippen LogP contribution is -2.12. The van der Waals surface area contributed by atoms with Crippen LogP contribution in [0.3, 0.4) is 0 Å². The molecule has 1 aliphatic carbocycles. The molecule has 2 heterocycles. The van der Waals surface area contributed by atoms with Gasteiger partial charge in [-0.25, -0.2) is 9.37 Å². The van der Waals surface area contributed by atoms with E-state index in [0.717, 1.165) is 11.1 Å². The number of rotatable bonds is 3. The molecule has 0 radical (unpaired) electrons. The Morgan fingerprint density at radius 1 is 1.45 bits per heavy atom. The molecule has 1 saturated carbocycles. The third kappa shape index (κ3) is 2.69. The van der Waals surface area contributed by atoms with E-state index in [9.17, 15) is 9.50 Å². The van der Waals surface area contributed by atoms with E-state index in [1.165, 1.54) is 0 Å². The fraction of sp³-hybridized carbons (Fsp3) is 0.429. The first-order chi connectivity index (χ1) is 9.63. The Balaban J connectivity index is 1.73. The molecular weight excluding hydrogens is 281 g/mol. The summed E-state index contributed by atoms with van der Waals surface area (Å²) in [4.78, 5) is 4.03. The van der Waals surface area contributed by atoms with Crippen LogP contribution in [0.4, 0.5) is 4.39 Å². The number of hydrogen-bond acceptors (Lipinski definition) is 3. The highest BCUT2D eigenvalue weighted by Crippen LogP contribution is 2.30. The molecule has 1 aliphatic rings. The van der Waals surface area contributed by atoms with Gasteiger partial charge in [0.1, 0.15) is 11.3 Å². The zero-order valence-electron chi connectivity index (χ0n) is 10.8. The lowest BCUT2D eigenvalue weighted by atomic mass is 10.1. The van der Waals surface area contributed by atoms with Crippen LogP contribution in [0.25, 0.3) is 11.1 Å². The summed E-state index contributed by atoms with van der Waals surface area (Å²) in [6, 6.07) is 3.70. The zero-order valence-corrected chi connectivity index (χ0v) is 11.5. The van der Waals surface area contributed by atoms with Gasteiger partial charge >= 0.3 is 0 Å². The van der Waals surface area contributed by atoms with Crippen LogP contribution >= 0.6 is 11.6 Å². The Bertz CT molecular complexity index is 594. The maximum atomic E-state index is 13.3. The second-order valence-corrected chi connectivity index (χ2v) is 5.57. The van der Waals surface area contributed by atoms with E-state index in [-0.39, 0.29) is 5.92 Å². The van der Waals surface area contributed by atoms with E-state index in [4.69, 9.17) is 11.6 Å². The van der Waals surface area contributed by atoms with E-state index in [0.29, 0.717) is 24.5 Å². The molecule has 1 N–H and O–H groups in total. The van der Waals surface area contributed by atoms with Crippen LogP contribution in [-0.2, 0) is 6.54 Å². The molecule has 1 fully saturated rings. The molecule has 2 aromatic heterocycles. The van der Waals surface area contributed by atoms with Crippen LogP contribution < -0.4 is 0 Å². The number of alkyl halides is 1. The van der Waals surface area contributed by atoms with Gasteiger partial charge in [0.2, 0.25) is 0 Å². The van der Waals surface area contributed by atoms with Crippen LogP contribution in [0.15, 0.2) is 30.7 Å². The monoisotopic (exact) mass is 295 g/mol. The van der Waals surface area contributed by atoms with Crippen molar-refractivity contribution in [3.63, 3.8) is 0 Å². The molecular formula is C14H15ClFN3O. The number of hydrogen-bond donors (Lipinski definition) is 1. The molecule has 20 heavy (non-hydrogen) atoms. The van der Waals surface area contributed by atoms with Gasteiger partial charge in [-0.1, -0.05) is 11.6 Å². The summed E-state index contributed by atoms with van der Waals surface area (Å²) in [5.74, 6) is 0.122. The molecule has 0 amide bonds. The lowest BCUT2D eigenvalue weighted by Gasteiger charge is -2.08. The molecule has 3 rings (SSSR count). The van der Waals surface area contributed by atoms with Crippen molar-refractivity contribution in [1.82, 2.24) is 14.8 Å². The largest absolute Gasteiger partial charge is 0.390 e. The van der Waals surface area contributed by atoms with Gasteiger partial charge in [-0.15, -0.1) is 0 Å². The normalized spacial score (nSPS) is 26.1. The van der Waals surface area contributed by atoms with Crippen LogP contribution in [0.2, 0.25) is 5.15 Å². The van der Waals surface area contributed by atoms with E-state index < -0.39 is 12.3 Å². The molecule has 0 bridgehead atoms. The van der Waals surface area contributed by atoms with E-state index in [1.807, 2.05) is 18.3 Å². The highest BCUT2D eigenvalue weighted by molar-refractivity contribution is 6.32. The molecule has 0 spiro atoms. The second-order valence-electron chi connectivity index (χ2n) is 5.21. The zero-order chi connectivity index (χ0) is 14.1. The smallest absolute Gasteiger partial charge is 0.136 e. The van der Waals surface area contributed by atoms with Crippen LogP contribution in [-0.4, -0.2) is 32.1 Å². The predicted molar refractivity (Wildman–Crippen MR) is 74.1 cm³/mol. The molecule has 2 aromatic rings. The summed E-state index contributed by atoms with van der Waals surface area (Å²) >= 11 is 6.05. The van der Waals surface area contributed by atoms with Crippen molar-refractivity contribution in [2.24, 2.45) is 5.92 Å². The molecule has 3 atom stereocenters. The van der Waals surface area contributed by atoms with Gasteiger partial charge in [0.15, 0.2) is 0 Å². The first kappa shape index (κ1) is 13.5. The Labute approximate surface area is 121 Å². The summed E-state index contributed by atoms with van der Waals surface area (Å²) in [6.07, 6.45) is 4.18. The maximum absolute atomic E-state index is 13.3. The second kappa shape index (κ2) is 5.50. The maximum Gasteiger partial charge on any atom is 0.136 e.